The van der Waals surface area contributed by atoms with Gasteiger partial charge in [0.2, 0.25) is 0 Å². The topological polar surface area (TPSA) is 55.0 Å². The van der Waals surface area contributed by atoms with Crippen LogP contribution in [0, 0.1) is 0 Å². The molecule has 1 aliphatic heterocycles. The molecule has 1 aliphatic rings. The highest BCUT2D eigenvalue weighted by atomic mass is 15.2. The van der Waals surface area contributed by atoms with Crippen molar-refractivity contribution < 1.29 is 0 Å². The molecule has 2 N–H and O–H groups in total. The maximum absolute atomic E-state index is 5.89. The molecule has 1 aromatic heterocycles. The molecule has 0 aliphatic carbocycles. The first-order valence-corrected chi connectivity index (χ1v) is 5.99. The first kappa shape index (κ1) is 11.3. The molecule has 0 radical (unpaired) electrons. The second-order valence-corrected chi connectivity index (χ2v) is 4.78. The van der Waals surface area contributed by atoms with E-state index in [0.29, 0.717) is 12.0 Å². The van der Waals surface area contributed by atoms with Gasteiger partial charge in [0.25, 0.3) is 0 Å². The van der Waals surface area contributed by atoms with Gasteiger partial charge in [0.15, 0.2) is 0 Å². The lowest BCUT2D eigenvalue weighted by atomic mass is 10.1. The third kappa shape index (κ3) is 2.50. The summed E-state index contributed by atoms with van der Waals surface area (Å²) >= 11 is 0. The molecule has 0 amide bonds. The van der Waals surface area contributed by atoms with Crippen LogP contribution in [0.2, 0.25) is 0 Å². The molecule has 0 bridgehead atoms. The van der Waals surface area contributed by atoms with Gasteiger partial charge >= 0.3 is 0 Å². The molecule has 0 atom stereocenters. The molecule has 2 heterocycles. The highest BCUT2D eigenvalue weighted by Crippen LogP contribution is 2.20. The predicted octanol–water partition coefficient (Wildman–Crippen LogP) is 1.53. The van der Waals surface area contributed by atoms with Gasteiger partial charge in [0, 0.05) is 30.9 Å². The second-order valence-electron chi connectivity index (χ2n) is 4.78. The van der Waals surface area contributed by atoms with Crippen LogP contribution in [0.3, 0.4) is 0 Å². The number of nitrogens with two attached hydrogens (primary N) is 1. The average molecular weight is 220 g/mol. The minimum absolute atomic E-state index is 0.364. The van der Waals surface area contributed by atoms with E-state index in [2.05, 4.69) is 34.8 Å². The summed E-state index contributed by atoms with van der Waals surface area (Å²) < 4.78 is 0. The largest absolute Gasteiger partial charge is 0.356 e. The molecule has 1 saturated heterocycles. The summed E-state index contributed by atoms with van der Waals surface area (Å²) in [5.74, 6) is 1.50. The third-order valence-corrected chi connectivity index (χ3v) is 3.13. The van der Waals surface area contributed by atoms with Gasteiger partial charge in [-0.15, -0.1) is 0 Å². The maximum Gasteiger partial charge on any atom is 0.132 e. The summed E-state index contributed by atoms with van der Waals surface area (Å²) in [4.78, 5) is 10.9. The molecule has 0 unspecified atom stereocenters. The summed E-state index contributed by atoms with van der Waals surface area (Å²) in [6, 6.07) is 2.46. The monoisotopic (exact) mass is 220 g/mol. The van der Waals surface area contributed by atoms with Gasteiger partial charge in [-0.05, 0) is 18.8 Å². The lowest BCUT2D eigenvalue weighted by Gasteiger charge is -2.31. The third-order valence-electron chi connectivity index (χ3n) is 3.13. The number of rotatable bonds is 2. The molecule has 88 valence electrons. The molecule has 0 aromatic carbocycles. The van der Waals surface area contributed by atoms with Crippen LogP contribution in [-0.4, -0.2) is 29.1 Å². The quantitative estimate of drug-likeness (QED) is 0.821. The smallest absolute Gasteiger partial charge is 0.132 e. The molecule has 16 heavy (non-hydrogen) atoms. The lowest BCUT2D eigenvalue weighted by molar-refractivity contribution is 0.498. The van der Waals surface area contributed by atoms with Gasteiger partial charge in [-0.25, -0.2) is 9.97 Å². The molecule has 2 rings (SSSR count). The molecule has 1 aromatic rings. The summed E-state index contributed by atoms with van der Waals surface area (Å²) in [5.41, 5.74) is 7.00. The first-order chi connectivity index (χ1) is 7.66. The van der Waals surface area contributed by atoms with E-state index in [-0.39, 0.29) is 0 Å². The Morgan fingerprint density at radius 2 is 2.00 bits per heavy atom. The van der Waals surface area contributed by atoms with Gasteiger partial charge in [-0.2, -0.15) is 0 Å². The number of aromatic nitrogens is 2. The van der Waals surface area contributed by atoms with Gasteiger partial charge in [0.1, 0.15) is 12.1 Å². The fourth-order valence-corrected chi connectivity index (χ4v) is 1.98. The van der Waals surface area contributed by atoms with Crippen molar-refractivity contribution >= 4 is 5.82 Å². The van der Waals surface area contributed by atoms with E-state index >= 15 is 0 Å². The Bertz CT molecular complexity index is 343. The molecule has 1 fully saturated rings. The molecule has 4 heteroatoms. The average Bonchev–Trinajstić information content (AvgIpc) is 2.30. The molecule has 0 saturated carbocycles. The Hall–Kier alpha value is -1.16. The second kappa shape index (κ2) is 4.78. The number of piperidine rings is 1. The van der Waals surface area contributed by atoms with Gasteiger partial charge in [0.05, 0.1) is 0 Å². The van der Waals surface area contributed by atoms with Crippen molar-refractivity contribution in [3.05, 3.63) is 18.1 Å². The minimum atomic E-state index is 0.364. The molecular formula is C12H20N4. The normalized spacial score (nSPS) is 18.1. The SMILES string of the molecule is CC(C)c1cc(N2CCC(N)CC2)ncn1. The standard InChI is InChI=1S/C12H20N4/c1-9(2)11-7-12(15-8-14-11)16-5-3-10(13)4-6-16/h7-10H,3-6,13H2,1-2H3. The van der Waals surface area contributed by atoms with E-state index in [0.717, 1.165) is 37.4 Å². The van der Waals surface area contributed by atoms with E-state index < -0.39 is 0 Å². The van der Waals surface area contributed by atoms with Crippen LogP contribution in [0.25, 0.3) is 0 Å². The zero-order valence-electron chi connectivity index (χ0n) is 10.1. The van der Waals surface area contributed by atoms with Crippen molar-refractivity contribution in [2.45, 2.75) is 38.6 Å². The fraction of sp³-hybridized carbons (Fsp3) is 0.667. The van der Waals surface area contributed by atoms with Crippen LogP contribution in [0.15, 0.2) is 12.4 Å². The Kier molecular flexibility index (Phi) is 3.39. The Balaban J connectivity index is 2.11. The number of anilines is 1. The fourth-order valence-electron chi connectivity index (χ4n) is 1.98. The van der Waals surface area contributed by atoms with Crippen molar-refractivity contribution in [3.63, 3.8) is 0 Å². The highest BCUT2D eigenvalue weighted by molar-refractivity contribution is 5.40. The Morgan fingerprint density at radius 1 is 1.31 bits per heavy atom. The van der Waals surface area contributed by atoms with E-state index in [1.807, 2.05) is 0 Å². The zero-order valence-corrected chi connectivity index (χ0v) is 10.1. The van der Waals surface area contributed by atoms with Crippen LogP contribution < -0.4 is 10.6 Å². The van der Waals surface area contributed by atoms with Crippen molar-refractivity contribution in [1.82, 2.24) is 9.97 Å². The number of hydrogen-bond donors (Lipinski definition) is 1. The summed E-state index contributed by atoms with van der Waals surface area (Å²) in [6.07, 6.45) is 3.78. The summed E-state index contributed by atoms with van der Waals surface area (Å²) in [5, 5.41) is 0. The van der Waals surface area contributed by atoms with Crippen molar-refractivity contribution in [2.24, 2.45) is 5.73 Å². The number of nitrogens with zero attached hydrogens (tertiary/aromatic N) is 3. The first-order valence-electron chi connectivity index (χ1n) is 5.99. The van der Waals surface area contributed by atoms with Crippen LogP contribution in [0.4, 0.5) is 5.82 Å². The van der Waals surface area contributed by atoms with Crippen LogP contribution in [-0.2, 0) is 0 Å². The van der Waals surface area contributed by atoms with Crippen molar-refractivity contribution in [1.29, 1.82) is 0 Å². The summed E-state index contributed by atoms with van der Waals surface area (Å²) in [7, 11) is 0. The van der Waals surface area contributed by atoms with Gasteiger partial charge in [-0.1, -0.05) is 13.8 Å². The molecule has 0 spiro atoms. The van der Waals surface area contributed by atoms with Gasteiger partial charge in [-0.3, -0.25) is 0 Å². The molecular weight excluding hydrogens is 200 g/mol. The van der Waals surface area contributed by atoms with Crippen LogP contribution >= 0.6 is 0 Å². The zero-order chi connectivity index (χ0) is 11.5. The van der Waals surface area contributed by atoms with Crippen molar-refractivity contribution in [2.75, 3.05) is 18.0 Å². The van der Waals surface area contributed by atoms with E-state index in [1.54, 1.807) is 6.33 Å². The van der Waals surface area contributed by atoms with Gasteiger partial charge < -0.3 is 10.6 Å². The highest BCUT2D eigenvalue weighted by Gasteiger charge is 2.17. The van der Waals surface area contributed by atoms with E-state index in [4.69, 9.17) is 5.73 Å². The summed E-state index contributed by atoms with van der Waals surface area (Å²) in [6.45, 7) is 6.32. The predicted molar refractivity (Wildman–Crippen MR) is 65.5 cm³/mol. The van der Waals surface area contributed by atoms with Crippen LogP contribution in [0.5, 0.6) is 0 Å². The lowest BCUT2D eigenvalue weighted by Crippen LogP contribution is -2.40. The Labute approximate surface area is 96.9 Å². The number of hydrogen-bond acceptors (Lipinski definition) is 4. The molecule has 4 nitrogen and oxygen atoms in total. The maximum atomic E-state index is 5.89. The van der Waals surface area contributed by atoms with Crippen LogP contribution in [0.1, 0.15) is 38.3 Å². The van der Waals surface area contributed by atoms with E-state index in [1.165, 1.54) is 0 Å². The Morgan fingerprint density at radius 3 is 2.62 bits per heavy atom. The van der Waals surface area contributed by atoms with Crippen molar-refractivity contribution in [3.8, 4) is 0 Å². The minimum Gasteiger partial charge on any atom is -0.356 e. The van der Waals surface area contributed by atoms with E-state index in [9.17, 15) is 0 Å².